The molecule has 0 spiro atoms. The molecule has 0 aliphatic carbocycles. The van der Waals surface area contributed by atoms with Gasteiger partial charge in [-0.05, 0) is 46.4 Å². The predicted octanol–water partition coefficient (Wildman–Crippen LogP) is 4.43. The van der Waals surface area contributed by atoms with Gasteiger partial charge in [-0.3, -0.25) is 4.79 Å². The summed E-state index contributed by atoms with van der Waals surface area (Å²) in [5.74, 6) is 0.140. The minimum atomic E-state index is 0.140. The van der Waals surface area contributed by atoms with E-state index in [1.165, 1.54) is 0 Å². The summed E-state index contributed by atoms with van der Waals surface area (Å²) in [5, 5.41) is 2.57. The number of halogens is 2. The normalized spacial score (nSPS) is 10.4. The Morgan fingerprint density at radius 2 is 2.19 bits per heavy atom. The molecule has 0 N–H and O–H groups in total. The second-order valence-electron chi connectivity index (χ2n) is 3.37. The minimum Gasteiger partial charge on any atom is -0.294 e. The van der Waals surface area contributed by atoms with Crippen LogP contribution in [-0.4, -0.2) is 5.78 Å². The van der Waals surface area contributed by atoms with E-state index in [1.54, 1.807) is 11.3 Å². The topological polar surface area (TPSA) is 17.1 Å². The predicted molar refractivity (Wildman–Crippen MR) is 76.5 cm³/mol. The zero-order valence-electron chi connectivity index (χ0n) is 8.24. The first-order valence-corrected chi connectivity index (χ1v) is 7.00. The lowest BCUT2D eigenvalue weighted by atomic mass is 10.1. The van der Waals surface area contributed by atoms with Gasteiger partial charge in [0.2, 0.25) is 0 Å². The van der Waals surface area contributed by atoms with E-state index in [-0.39, 0.29) is 5.78 Å². The number of hydrogen-bond donors (Lipinski definition) is 0. The summed E-state index contributed by atoms with van der Waals surface area (Å²) < 4.78 is 1.13. The first kappa shape index (κ1) is 12.1. The maximum absolute atomic E-state index is 11.9. The Morgan fingerprint density at radius 1 is 1.38 bits per heavy atom. The third-order valence-corrected chi connectivity index (χ3v) is 4.17. The van der Waals surface area contributed by atoms with Gasteiger partial charge in [0, 0.05) is 22.4 Å². The summed E-state index contributed by atoms with van der Waals surface area (Å²) in [6.45, 7) is 0. The van der Waals surface area contributed by atoms with Gasteiger partial charge in [-0.15, -0.1) is 11.3 Å². The molecule has 1 aromatic carbocycles. The van der Waals surface area contributed by atoms with Crippen LogP contribution in [0.4, 0.5) is 0 Å². The van der Waals surface area contributed by atoms with Crippen molar-refractivity contribution in [2.24, 2.45) is 0 Å². The number of benzene rings is 1. The van der Waals surface area contributed by atoms with Gasteiger partial charge in [0.25, 0.3) is 0 Å². The molecule has 4 heteroatoms. The Bertz CT molecular complexity index is 521. The molecule has 0 aliphatic rings. The van der Waals surface area contributed by atoms with Crippen LogP contribution in [0.25, 0.3) is 0 Å². The van der Waals surface area contributed by atoms with Crippen molar-refractivity contribution in [3.63, 3.8) is 0 Å². The van der Waals surface area contributed by atoms with E-state index in [9.17, 15) is 4.79 Å². The van der Waals surface area contributed by atoms with E-state index < -0.39 is 0 Å². The van der Waals surface area contributed by atoms with Gasteiger partial charge < -0.3 is 0 Å². The summed E-state index contributed by atoms with van der Waals surface area (Å²) in [6.07, 6.45) is 0.410. The number of thiophene rings is 1. The highest BCUT2D eigenvalue weighted by Gasteiger charge is 2.09. The molecule has 16 heavy (non-hydrogen) atoms. The molecule has 1 nitrogen and oxygen atoms in total. The summed E-state index contributed by atoms with van der Waals surface area (Å²) in [4.78, 5) is 11.9. The molecule has 2 rings (SSSR count). The molecule has 0 saturated heterocycles. The van der Waals surface area contributed by atoms with Crippen molar-refractivity contribution < 1.29 is 4.79 Å². The molecule has 0 bridgehead atoms. The van der Waals surface area contributed by atoms with Crippen LogP contribution in [0.5, 0.6) is 0 Å². The van der Waals surface area contributed by atoms with E-state index in [1.807, 2.05) is 35.7 Å². The Kier molecular flexibility index (Phi) is 4.00. The zero-order chi connectivity index (χ0) is 11.5. The maximum Gasteiger partial charge on any atom is 0.168 e. The van der Waals surface area contributed by atoms with Gasteiger partial charge in [-0.1, -0.05) is 23.7 Å². The van der Waals surface area contributed by atoms with Crippen LogP contribution < -0.4 is 0 Å². The maximum atomic E-state index is 11.9. The molecule has 0 saturated carbocycles. The molecule has 82 valence electrons. The highest BCUT2D eigenvalue weighted by atomic mass is 127. The molecular formula is C12H8ClIOS. The number of rotatable bonds is 3. The number of carbonyl (C=O) groups is 1. The fourth-order valence-corrected chi connectivity index (χ4v) is 2.95. The smallest absolute Gasteiger partial charge is 0.168 e. The van der Waals surface area contributed by atoms with Crippen LogP contribution in [0.3, 0.4) is 0 Å². The Balaban J connectivity index is 2.13. The molecule has 0 atom stereocenters. The van der Waals surface area contributed by atoms with Crippen LogP contribution >= 0.6 is 45.5 Å². The van der Waals surface area contributed by atoms with Gasteiger partial charge in [0.15, 0.2) is 5.78 Å². The highest BCUT2D eigenvalue weighted by molar-refractivity contribution is 14.1. The van der Waals surface area contributed by atoms with Crippen molar-refractivity contribution in [2.45, 2.75) is 6.42 Å². The van der Waals surface area contributed by atoms with Crippen molar-refractivity contribution in [3.05, 3.63) is 54.7 Å². The van der Waals surface area contributed by atoms with Gasteiger partial charge in [-0.2, -0.15) is 0 Å². The third-order valence-electron chi connectivity index (χ3n) is 2.14. The van der Waals surface area contributed by atoms with Gasteiger partial charge >= 0.3 is 0 Å². The summed E-state index contributed by atoms with van der Waals surface area (Å²) in [6, 6.07) is 9.33. The van der Waals surface area contributed by atoms with E-state index in [0.717, 1.165) is 14.0 Å². The van der Waals surface area contributed by atoms with Crippen LogP contribution in [0.2, 0.25) is 5.02 Å². The van der Waals surface area contributed by atoms with E-state index in [2.05, 4.69) is 22.6 Å². The van der Waals surface area contributed by atoms with Gasteiger partial charge in [0.05, 0.1) is 2.88 Å². The lowest BCUT2D eigenvalue weighted by molar-refractivity contribution is 0.0993. The van der Waals surface area contributed by atoms with Crippen molar-refractivity contribution in [2.75, 3.05) is 0 Å². The molecule has 1 aromatic heterocycles. The lowest BCUT2D eigenvalue weighted by Crippen LogP contribution is -2.01. The number of carbonyl (C=O) groups excluding carboxylic acids is 1. The second kappa shape index (κ2) is 5.29. The second-order valence-corrected chi connectivity index (χ2v) is 6.61. The average Bonchev–Trinajstić information content (AvgIpc) is 2.65. The van der Waals surface area contributed by atoms with Gasteiger partial charge in [0.1, 0.15) is 0 Å². The Morgan fingerprint density at radius 3 is 2.81 bits per heavy atom. The van der Waals surface area contributed by atoms with Crippen molar-refractivity contribution >= 4 is 51.3 Å². The number of hydrogen-bond acceptors (Lipinski definition) is 2. The molecule has 2 aromatic rings. The quantitative estimate of drug-likeness (QED) is 0.583. The van der Waals surface area contributed by atoms with E-state index >= 15 is 0 Å². The molecule has 0 aliphatic heterocycles. The lowest BCUT2D eigenvalue weighted by Gasteiger charge is -1.99. The average molecular weight is 363 g/mol. The first-order valence-electron chi connectivity index (χ1n) is 4.67. The highest BCUT2D eigenvalue weighted by Crippen LogP contribution is 2.19. The van der Waals surface area contributed by atoms with Crippen molar-refractivity contribution in [1.29, 1.82) is 0 Å². The first-order chi connectivity index (χ1) is 7.65. The molecule has 0 fully saturated rings. The molecule has 1 heterocycles. The fourth-order valence-electron chi connectivity index (χ4n) is 1.39. The summed E-state index contributed by atoms with van der Waals surface area (Å²) in [5.41, 5.74) is 1.74. The Hall–Kier alpha value is -0.390. The molecular weight excluding hydrogens is 355 g/mol. The molecule has 0 unspecified atom stereocenters. The van der Waals surface area contributed by atoms with Crippen LogP contribution in [0.1, 0.15) is 15.9 Å². The van der Waals surface area contributed by atoms with Crippen LogP contribution in [0, 0.1) is 2.88 Å². The van der Waals surface area contributed by atoms with Crippen LogP contribution in [-0.2, 0) is 6.42 Å². The summed E-state index contributed by atoms with van der Waals surface area (Å²) in [7, 11) is 0. The largest absolute Gasteiger partial charge is 0.294 e. The summed E-state index contributed by atoms with van der Waals surface area (Å²) >= 11 is 9.67. The third kappa shape index (κ3) is 3.06. The van der Waals surface area contributed by atoms with Crippen LogP contribution in [0.15, 0.2) is 35.7 Å². The molecule has 0 radical (unpaired) electrons. The number of Topliss-reactive ketones (excluding diaryl/α,β-unsaturated/α-hetero) is 1. The van der Waals surface area contributed by atoms with E-state index in [0.29, 0.717) is 11.4 Å². The molecule has 0 amide bonds. The fraction of sp³-hybridized carbons (Fsp3) is 0.0833. The Labute approximate surface area is 117 Å². The van der Waals surface area contributed by atoms with Crippen molar-refractivity contribution in [3.8, 4) is 0 Å². The van der Waals surface area contributed by atoms with Crippen molar-refractivity contribution in [1.82, 2.24) is 0 Å². The standard InChI is InChI=1S/C12H8ClIOS/c13-10-3-1-2-8(4-10)5-11(15)9-6-12(14)16-7-9/h1-4,6-7H,5H2. The number of ketones is 1. The monoisotopic (exact) mass is 362 g/mol. The van der Waals surface area contributed by atoms with E-state index in [4.69, 9.17) is 11.6 Å². The zero-order valence-corrected chi connectivity index (χ0v) is 12.0. The SMILES string of the molecule is O=C(Cc1cccc(Cl)c1)c1csc(I)c1. The van der Waals surface area contributed by atoms with Gasteiger partial charge in [-0.25, -0.2) is 0 Å². The minimum absolute atomic E-state index is 0.140.